The third-order valence-electron chi connectivity index (χ3n) is 3.73. The summed E-state index contributed by atoms with van der Waals surface area (Å²) in [6, 6.07) is 6.97. The average molecular weight is 317 g/mol. The van der Waals surface area contributed by atoms with E-state index >= 15 is 0 Å². The number of nitrogens with one attached hydrogen (secondary N) is 2. The van der Waals surface area contributed by atoms with Gasteiger partial charge in [0, 0.05) is 16.6 Å². The number of hydrogen-bond donors (Lipinski definition) is 2. The Morgan fingerprint density at radius 1 is 1.41 bits per heavy atom. The summed E-state index contributed by atoms with van der Waals surface area (Å²) in [5.74, 6) is 1.41. The SMILES string of the molecule is COc1cccc(NC(=O)Nc2nc3c(s2)CC(C)CC3)c1. The molecule has 0 radical (unpaired) electrons. The minimum Gasteiger partial charge on any atom is -0.497 e. The van der Waals surface area contributed by atoms with Gasteiger partial charge in [0.05, 0.1) is 12.8 Å². The number of rotatable bonds is 3. The second-order valence-electron chi connectivity index (χ2n) is 5.55. The first-order valence-corrected chi connectivity index (χ1v) is 8.16. The maximum absolute atomic E-state index is 12.1. The van der Waals surface area contributed by atoms with Gasteiger partial charge in [-0.3, -0.25) is 5.32 Å². The fourth-order valence-electron chi connectivity index (χ4n) is 2.55. The van der Waals surface area contributed by atoms with Crippen LogP contribution in [0.25, 0.3) is 0 Å². The van der Waals surface area contributed by atoms with Gasteiger partial charge in [0.1, 0.15) is 5.75 Å². The Kier molecular flexibility index (Phi) is 4.29. The fraction of sp³-hybridized carbons (Fsp3) is 0.375. The van der Waals surface area contributed by atoms with Crippen molar-refractivity contribution in [3.05, 3.63) is 34.8 Å². The van der Waals surface area contributed by atoms with Gasteiger partial charge in [-0.2, -0.15) is 0 Å². The Morgan fingerprint density at radius 3 is 3.09 bits per heavy atom. The highest BCUT2D eigenvalue weighted by Crippen LogP contribution is 2.32. The zero-order valence-electron chi connectivity index (χ0n) is 12.7. The van der Waals surface area contributed by atoms with E-state index in [1.54, 1.807) is 24.5 Å². The quantitative estimate of drug-likeness (QED) is 0.902. The second-order valence-corrected chi connectivity index (χ2v) is 6.63. The minimum absolute atomic E-state index is 0.285. The topological polar surface area (TPSA) is 63.2 Å². The van der Waals surface area contributed by atoms with E-state index in [4.69, 9.17) is 4.74 Å². The molecule has 1 aliphatic carbocycles. The lowest BCUT2D eigenvalue weighted by molar-refractivity contribution is 0.262. The molecule has 1 aromatic heterocycles. The summed E-state index contributed by atoms with van der Waals surface area (Å²) in [6.45, 7) is 2.26. The lowest BCUT2D eigenvalue weighted by Crippen LogP contribution is -2.19. The highest BCUT2D eigenvalue weighted by Gasteiger charge is 2.20. The van der Waals surface area contributed by atoms with Gasteiger partial charge in [0.15, 0.2) is 5.13 Å². The van der Waals surface area contributed by atoms with Crippen LogP contribution in [0.5, 0.6) is 5.75 Å². The Hall–Kier alpha value is -2.08. The number of benzene rings is 1. The van der Waals surface area contributed by atoms with E-state index in [1.165, 1.54) is 11.3 Å². The number of nitrogens with zero attached hydrogens (tertiary/aromatic N) is 1. The van der Waals surface area contributed by atoms with Gasteiger partial charge >= 0.3 is 6.03 Å². The van der Waals surface area contributed by atoms with Crippen molar-refractivity contribution in [3.8, 4) is 5.75 Å². The van der Waals surface area contributed by atoms with Gasteiger partial charge in [0.2, 0.25) is 0 Å². The standard InChI is InChI=1S/C16H19N3O2S/c1-10-6-7-13-14(8-10)22-16(18-13)19-15(20)17-11-4-3-5-12(9-11)21-2/h3-5,9-10H,6-8H2,1-2H3,(H2,17,18,19,20). The van der Waals surface area contributed by atoms with Crippen LogP contribution >= 0.6 is 11.3 Å². The summed E-state index contributed by atoms with van der Waals surface area (Å²) in [4.78, 5) is 17.9. The number of thiazole rings is 1. The third kappa shape index (κ3) is 3.39. The molecule has 5 nitrogen and oxygen atoms in total. The van der Waals surface area contributed by atoms with E-state index in [2.05, 4.69) is 22.5 Å². The Labute approximate surface area is 133 Å². The molecule has 1 aliphatic rings. The maximum atomic E-state index is 12.1. The average Bonchev–Trinajstić information content (AvgIpc) is 2.88. The predicted molar refractivity (Wildman–Crippen MR) is 88.9 cm³/mol. The molecule has 0 spiro atoms. The molecule has 2 N–H and O–H groups in total. The predicted octanol–water partition coefficient (Wildman–Crippen LogP) is 3.92. The summed E-state index contributed by atoms with van der Waals surface area (Å²) < 4.78 is 5.14. The number of hydrogen-bond acceptors (Lipinski definition) is 4. The molecular formula is C16H19N3O2S. The van der Waals surface area contributed by atoms with Crippen LogP contribution in [-0.4, -0.2) is 18.1 Å². The zero-order valence-corrected chi connectivity index (χ0v) is 13.5. The van der Waals surface area contributed by atoms with Gasteiger partial charge in [-0.1, -0.05) is 13.0 Å². The molecule has 1 atom stereocenters. The third-order valence-corrected chi connectivity index (χ3v) is 4.77. The molecule has 6 heteroatoms. The molecule has 1 unspecified atom stereocenters. The van der Waals surface area contributed by atoms with Crippen LogP contribution in [0.3, 0.4) is 0 Å². The zero-order chi connectivity index (χ0) is 15.5. The molecule has 0 bridgehead atoms. The number of ether oxygens (including phenoxy) is 1. The van der Waals surface area contributed by atoms with E-state index in [9.17, 15) is 4.79 Å². The monoisotopic (exact) mass is 317 g/mol. The molecule has 0 aliphatic heterocycles. The summed E-state index contributed by atoms with van der Waals surface area (Å²) in [7, 11) is 1.60. The molecule has 0 fully saturated rings. The smallest absolute Gasteiger partial charge is 0.325 e. The van der Waals surface area contributed by atoms with E-state index in [0.29, 0.717) is 22.5 Å². The Bertz CT molecular complexity index is 684. The minimum atomic E-state index is -0.285. The van der Waals surface area contributed by atoms with Crippen molar-refractivity contribution in [2.24, 2.45) is 5.92 Å². The molecule has 0 saturated heterocycles. The summed E-state index contributed by atoms with van der Waals surface area (Å²) in [5.41, 5.74) is 1.83. The number of carbonyl (C=O) groups is 1. The lowest BCUT2D eigenvalue weighted by Gasteiger charge is -2.15. The largest absolute Gasteiger partial charge is 0.497 e. The van der Waals surface area contributed by atoms with Crippen molar-refractivity contribution >= 4 is 28.2 Å². The van der Waals surface area contributed by atoms with E-state index in [-0.39, 0.29) is 6.03 Å². The van der Waals surface area contributed by atoms with Crippen LogP contribution in [0, 0.1) is 5.92 Å². The van der Waals surface area contributed by atoms with Gasteiger partial charge in [-0.15, -0.1) is 11.3 Å². The van der Waals surface area contributed by atoms with Crippen LogP contribution in [0.4, 0.5) is 15.6 Å². The summed E-state index contributed by atoms with van der Waals surface area (Å²) >= 11 is 1.58. The first-order valence-electron chi connectivity index (χ1n) is 7.34. The first kappa shape index (κ1) is 14.8. The number of amides is 2. The highest BCUT2D eigenvalue weighted by atomic mass is 32.1. The van der Waals surface area contributed by atoms with E-state index < -0.39 is 0 Å². The number of fused-ring (bicyclic) bond motifs is 1. The van der Waals surface area contributed by atoms with Crippen molar-refractivity contribution < 1.29 is 9.53 Å². The van der Waals surface area contributed by atoms with Crippen LogP contribution in [0.1, 0.15) is 23.9 Å². The summed E-state index contributed by atoms with van der Waals surface area (Å²) in [5, 5.41) is 6.27. The van der Waals surface area contributed by atoms with Gasteiger partial charge in [-0.25, -0.2) is 9.78 Å². The van der Waals surface area contributed by atoms with Crippen molar-refractivity contribution in [2.45, 2.75) is 26.2 Å². The number of aryl methyl sites for hydroxylation is 1. The van der Waals surface area contributed by atoms with Crippen LogP contribution < -0.4 is 15.4 Å². The number of carbonyl (C=O) groups excluding carboxylic acids is 1. The molecule has 2 aromatic rings. The van der Waals surface area contributed by atoms with Crippen LogP contribution in [0.2, 0.25) is 0 Å². The lowest BCUT2D eigenvalue weighted by atomic mass is 9.93. The van der Waals surface area contributed by atoms with Crippen molar-refractivity contribution in [3.63, 3.8) is 0 Å². The van der Waals surface area contributed by atoms with Gasteiger partial charge in [0.25, 0.3) is 0 Å². The highest BCUT2D eigenvalue weighted by molar-refractivity contribution is 7.15. The molecule has 3 rings (SSSR count). The summed E-state index contributed by atoms with van der Waals surface area (Å²) in [6.07, 6.45) is 3.24. The number of urea groups is 1. The van der Waals surface area contributed by atoms with Gasteiger partial charge < -0.3 is 10.1 Å². The van der Waals surface area contributed by atoms with E-state index in [0.717, 1.165) is 18.5 Å². The molecule has 0 saturated carbocycles. The second kappa shape index (κ2) is 6.36. The van der Waals surface area contributed by atoms with Crippen molar-refractivity contribution in [2.75, 3.05) is 17.7 Å². The number of aromatic nitrogens is 1. The van der Waals surface area contributed by atoms with Crippen molar-refractivity contribution in [1.82, 2.24) is 4.98 Å². The molecule has 116 valence electrons. The Balaban J connectivity index is 1.64. The van der Waals surface area contributed by atoms with E-state index in [1.807, 2.05) is 18.2 Å². The number of anilines is 2. The maximum Gasteiger partial charge on any atom is 0.325 e. The molecule has 1 aromatic carbocycles. The molecule has 22 heavy (non-hydrogen) atoms. The Morgan fingerprint density at radius 2 is 2.27 bits per heavy atom. The molecular weight excluding hydrogens is 298 g/mol. The fourth-order valence-corrected chi connectivity index (χ4v) is 3.72. The number of methoxy groups -OCH3 is 1. The molecule has 1 heterocycles. The molecule has 2 amide bonds. The first-order chi connectivity index (χ1) is 10.6. The normalized spacial score (nSPS) is 16.7. The van der Waals surface area contributed by atoms with Crippen molar-refractivity contribution in [1.29, 1.82) is 0 Å². The van der Waals surface area contributed by atoms with Crippen LogP contribution in [0.15, 0.2) is 24.3 Å². The van der Waals surface area contributed by atoms with Crippen LogP contribution in [-0.2, 0) is 12.8 Å². The van der Waals surface area contributed by atoms with Gasteiger partial charge in [-0.05, 0) is 37.3 Å².